The van der Waals surface area contributed by atoms with Crippen molar-refractivity contribution in [2.75, 3.05) is 6.61 Å². The van der Waals surface area contributed by atoms with Gasteiger partial charge in [0.05, 0.1) is 30.4 Å². The predicted molar refractivity (Wildman–Crippen MR) is 134 cm³/mol. The average Bonchev–Trinajstić information content (AvgIpc) is 2.86. The van der Waals surface area contributed by atoms with Gasteiger partial charge in [-0.15, -0.1) is 0 Å². The number of amides is 1. The van der Waals surface area contributed by atoms with Gasteiger partial charge in [0.2, 0.25) is 0 Å². The number of unbranched alkanes of at least 4 members (excludes halogenated alkanes) is 1. The van der Waals surface area contributed by atoms with Crippen molar-refractivity contribution in [1.29, 1.82) is 0 Å². The zero-order chi connectivity index (χ0) is 23.9. The second kappa shape index (κ2) is 10.8. The van der Waals surface area contributed by atoms with Crippen LogP contribution < -0.4 is 10.2 Å². The molecule has 0 saturated carbocycles. The summed E-state index contributed by atoms with van der Waals surface area (Å²) in [4.78, 5) is 28.4. The van der Waals surface area contributed by atoms with Gasteiger partial charge in [0.25, 0.3) is 5.91 Å². The number of benzene rings is 3. The predicted octanol–water partition coefficient (Wildman–Crippen LogP) is 6.12. The first-order valence-corrected chi connectivity index (χ1v) is 11.6. The molecule has 0 spiro atoms. The standard InChI is InChI=1S/C29H29NO4/c1-3-4-16-33-25-13-11-23(12-14-25)29(32)30(18-22-8-6-5-7-9-22)19-24-20-34-27-15-10-21(2)17-26(27)28(24)31/h5-15,17,20H,3-4,16,18-19H2,1-2H3. The fourth-order valence-corrected chi connectivity index (χ4v) is 3.81. The van der Waals surface area contributed by atoms with Crippen LogP contribution in [0.5, 0.6) is 5.75 Å². The van der Waals surface area contributed by atoms with Gasteiger partial charge < -0.3 is 14.1 Å². The van der Waals surface area contributed by atoms with Crippen LogP contribution in [0.3, 0.4) is 0 Å². The maximum absolute atomic E-state index is 13.5. The van der Waals surface area contributed by atoms with E-state index in [-0.39, 0.29) is 17.9 Å². The van der Waals surface area contributed by atoms with E-state index >= 15 is 0 Å². The van der Waals surface area contributed by atoms with Crippen LogP contribution in [0.4, 0.5) is 0 Å². The molecule has 0 radical (unpaired) electrons. The Bertz CT molecular complexity index is 1310. The van der Waals surface area contributed by atoms with E-state index in [0.717, 1.165) is 29.7 Å². The molecule has 4 rings (SSSR count). The first kappa shape index (κ1) is 23.3. The lowest BCUT2D eigenvalue weighted by Gasteiger charge is -2.23. The minimum atomic E-state index is -0.160. The van der Waals surface area contributed by atoms with Gasteiger partial charge in [0.1, 0.15) is 11.3 Å². The third kappa shape index (κ3) is 5.54. The Balaban J connectivity index is 1.62. The molecule has 0 unspecified atom stereocenters. The van der Waals surface area contributed by atoms with Crippen molar-refractivity contribution in [3.63, 3.8) is 0 Å². The molecule has 0 fully saturated rings. The Hall–Kier alpha value is -3.86. The highest BCUT2D eigenvalue weighted by Gasteiger charge is 2.19. The molecule has 174 valence electrons. The van der Waals surface area contributed by atoms with Gasteiger partial charge in [0.15, 0.2) is 5.43 Å². The van der Waals surface area contributed by atoms with Crippen LogP contribution >= 0.6 is 0 Å². The number of ether oxygens (including phenoxy) is 1. The molecule has 0 atom stereocenters. The molecule has 1 amide bonds. The summed E-state index contributed by atoms with van der Waals surface area (Å²) in [5.74, 6) is 0.581. The minimum Gasteiger partial charge on any atom is -0.494 e. The van der Waals surface area contributed by atoms with Crippen LogP contribution in [0.2, 0.25) is 0 Å². The topological polar surface area (TPSA) is 59.8 Å². The van der Waals surface area contributed by atoms with Crippen molar-refractivity contribution < 1.29 is 13.9 Å². The highest BCUT2D eigenvalue weighted by molar-refractivity contribution is 5.94. The third-order valence-corrected chi connectivity index (χ3v) is 5.73. The molecule has 0 aliphatic carbocycles. The quantitative estimate of drug-likeness (QED) is 0.285. The number of carbonyl (C=O) groups is 1. The number of rotatable bonds is 9. The largest absolute Gasteiger partial charge is 0.494 e. The molecule has 1 aromatic heterocycles. The molecule has 0 aliphatic heterocycles. The van der Waals surface area contributed by atoms with E-state index in [2.05, 4.69) is 6.92 Å². The molecule has 4 aromatic rings. The molecular formula is C29H29NO4. The van der Waals surface area contributed by atoms with Crippen molar-refractivity contribution in [2.45, 2.75) is 39.8 Å². The van der Waals surface area contributed by atoms with E-state index in [1.165, 1.54) is 6.26 Å². The van der Waals surface area contributed by atoms with Crippen LogP contribution in [0.15, 0.2) is 88.3 Å². The van der Waals surface area contributed by atoms with Crippen molar-refractivity contribution in [1.82, 2.24) is 4.90 Å². The van der Waals surface area contributed by atoms with E-state index in [1.807, 2.05) is 61.5 Å². The maximum Gasteiger partial charge on any atom is 0.254 e. The number of nitrogens with zero attached hydrogens (tertiary/aromatic N) is 1. The summed E-state index contributed by atoms with van der Waals surface area (Å²) in [6.45, 7) is 5.23. The van der Waals surface area contributed by atoms with E-state index in [9.17, 15) is 9.59 Å². The lowest BCUT2D eigenvalue weighted by Crippen LogP contribution is -2.32. The molecule has 0 aliphatic rings. The molecule has 5 heteroatoms. The average molecular weight is 456 g/mol. The maximum atomic E-state index is 13.5. The Kier molecular flexibility index (Phi) is 7.43. The van der Waals surface area contributed by atoms with Gasteiger partial charge in [-0.1, -0.05) is 55.3 Å². The molecule has 1 heterocycles. The van der Waals surface area contributed by atoms with Crippen molar-refractivity contribution in [2.24, 2.45) is 0 Å². The fraction of sp³-hybridized carbons (Fsp3) is 0.241. The van der Waals surface area contributed by atoms with Crippen molar-refractivity contribution in [3.8, 4) is 5.75 Å². The van der Waals surface area contributed by atoms with Crippen molar-refractivity contribution >= 4 is 16.9 Å². The summed E-state index contributed by atoms with van der Waals surface area (Å²) in [7, 11) is 0. The zero-order valence-electron chi connectivity index (χ0n) is 19.6. The van der Waals surface area contributed by atoms with Crippen LogP contribution in [0.1, 0.15) is 46.8 Å². The first-order valence-electron chi connectivity index (χ1n) is 11.6. The smallest absolute Gasteiger partial charge is 0.254 e. The highest BCUT2D eigenvalue weighted by atomic mass is 16.5. The van der Waals surface area contributed by atoms with E-state index in [0.29, 0.717) is 35.2 Å². The SMILES string of the molecule is CCCCOc1ccc(C(=O)N(Cc2ccccc2)Cc2coc3ccc(C)cc3c2=O)cc1. The van der Waals surface area contributed by atoms with Crippen LogP contribution in [-0.2, 0) is 13.1 Å². The molecule has 5 nitrogen and oxygen atoms in total. The number of hydrogen-bond donors (Lipinski definition) is 0. The van der Waals surface area contributed by atoms with Gasteiger partial charge in [0, 0.05) is 12.1 Å². The van der Waals surface area contributed by atoms with Crippen molar-refractivity contribution in [3.05, 3.63) is 112 Å². The fourth-order valence-electron chi connectivity index (χ4n) is 3.81. The van der Waals surface area contributed by atoms with E-state index in [4.69, 9.17) is 9.15 Å². The zero-order valence-corrected chi connectivity index (χ0v) is 19.6. The van der Waals surface area contributed by atoms with Gasteiger partial charge in [-0.25, -0.2) is 0 Å². The number of fused-ring (bicyclic) bond motifs is 1. The number of aryl methyl sites for hydroxylation is 1. The summed E-state index contributed by atoms with van der Waals surface area (Å²) in [5.41, 5.74) is 3.38. The Morgan fingerprint density at radius 3 is 2.47 bits per heavy atom. The molecule has 0 saturated heterocycles. The lowest BCUT2D eigenvalue weighted by atomic mass is 10.1. The number of hydrogen-bond acceptors (Lipinski definition) is 4. The normalized spacial score (nSPS) is 10.9. The Labute approximate surface area is 199 Å². The second-order valence-electron chi connectivity index (χ2n) is 8.46. The van der Waals surface area contributed by atoms with E-state index < -0.39 is 0 Å². The molecule has 0 bridgehead atoms. The lowest BCUT2D eigenvalue weighted by molar-refractivity contribution is 0.0729. The van der Waals surface area contributed by atoms with Gasteiger partial charge in [-0.05, 0) is 55.3 Å². The van der Waals surface area contributed by atoms with Gasteiger partial charge in [-0.3, -0.25) is 9.59 Å². The summed E-state index contributed by atoms with van der Waals surface area (Å²) < 4.78 is 11.4. The van der Waals surface area contributed by atoms with Crippen LogP contribution in [0.25, 0.3) is 11.0 Å². The minimum absolute atomic E-state index is 0.115. The van der Waals surface area contributed by atoms with Gasteiger partial charge in [-0.2, -0.15) is 0 Å². The summed E-state index contributed by atoms with van der Waals surface area (Å²) in [6, 6.07) is 22.5. The second-order valence-corrected chi connectivity index (χ2v) is 8.46. The Morgan fingerprint density at radius 1 is 0.971 bits per heavy atom. The Morgan fingerprint density at radius 2 is 1.74 bits per heavy atom. The highest BCUT2D eigenvalue weighted by Crippen LogP contribution is 2.19. The molecular weight excluding hydrogens is 426 g/mol. The van der Waals surface area contributed by atoms with Crippen LogP contribution in [-0.4, -0.2) is 17.4 Å². The third-order valence-electron chi connectivity index (χ3n) is 5.73. The van der Waals surface area contributed by atoms with Gasteiger partial charge >= 0.3 is 0 Å². The molecule has 34 heavy (non-hydrogen) atoms. The molecule has 3 aromatic carbocycles. The van der Waals surface area contributed by atoms with E-state index in [1.54, 1.807) is 23.1 Å². The number of carbonyl (C=O) groups excluding carboxylic acids is 1. The summed E-state index contributed by atoms with van der Waals surface area (Å²) >= 11 is 0. The summed E-state index contributed by atoms with van der Waals surface area (Å²) in [6.07, 6.45) is 3.52. The monoisotopic (exact) mass is 455 g/mol. The van der Waals surface area contributed by atoms with Crippen LogP contribution in [0, 0.1) is 6.92 Å². The first-order chi connectivity index (χ1) is 16.5. The summed E-state index contributed by atoms with van der Waals surface area (Å²) in [5, 5.41) is 0.526. The molecule has 0 N–H and O–H groups in total.